The van der Waals surface area contributed by atoms with Gasteiger partial charge >= 0.3 is 0 Å². The lowest BCUT2D eigenvalue weighted by Crippen LogP contribution is -2.39. The molecule has 3 unspecified atom stereocenters. The number of aryl methyl sites for hydroxylation is 1. The average molecular weight is 313 g/mol. The summed E-state index contributed by atoms with van der Waals surface area (Å²) < 4.78 is 7.50. The van der Waals surface area contributed by atoms with Crippen molar-refractivity contribution in [1.29, 1.82) is 0 Å². The molecule has 0 bridgehead atoms. The maximum Gasteiger partial charge on any atom is 0.255 e. The maximum absolute atomic E-state index is 12.6. The quantitative estimate of drug-likeness (QED) is 0.948. The van der Waals surface area contributed by atoms with Crippen LogP contribution in [0.2, 0.25) is 0 Å². The Morgan fingerprint density at radius 1 is 1.35 bits per heavy atom. The number of nitrogens with zero attached hydrogens (tertiary/aromatic N) is 2. The van der Waals surface area contributed by atoms with Crippen LogP contribution in [0.25, 0.3) is 5.69 Å². The van der Waals surface area contributed by atoms with Crippen molar-refractivity contribution in [3.8, 4) is 5.69 Å². The molecule has 1 fully saturated rings. The second-order valence-corrected chi connectivity index (χ2v) is 6.36. The fourth-order valence-electron chi connectivity index (χ4n) is 3.14. The van der Waals surface area contributed by atoms with Crippen molar-refractivity contribution < 1.29 is 9.53 Å². The number of carbonyl (C=O) groups is 1. The van der Waals surface area contributed by atoms with Crippen molar-refractivity contribution in [3.63, 3.8) is 0 Å². The van der Waals surface area contributed by atoms with E-state index in [0.717, 1.165) is 23.4 Å². The van der Waals surface area contributed by atoms with E-state index in [4.69, 9.17) is 4.74 Å². The highest BCUT2D eigenvalue weighted by Crippen LogP contribution is 2.21. The zero-order chi connectivity index (χ0) is 16.6. The first kappa shape index (κ1) is 15.7. The number of hydrogen-bond acceptors (Lipinski definition) is 3. The molecule has 0 saturated carbocycles. The first-order chi connectivity index (χ1) is 11.0. The minimum atomic E-state index is -0.0871. The van der Waals surface area contributed by atoms with Crippen LogP contribution in [0.3, 0.4) is 0 Å². The number of amides is 1. The van der Waals surface area contributed by atoms with Crippen molar-refractivity contribution in [1.82, 2.24) is 15.1 Å². The molecule has 0 radical (unpaired) electrons. The molecular formula is C18H23N3O2. The first-order valence-corrected chi connectivity index (χ1v) is 8.03. The summed E-state index contributed by atoms with van der Waals surface area (Å²) in [6, 6.07) is 8.13. The maximum atomic E-state index is 12.6. The van der Waals surface area contributed by atoms with Gasteiger partial charge in [-0.05, 0) is 51.8 Å². The molecule has 3 atom stereocenters. The van der Waals surface area contributed by atoms with Crippen LogP contribution in [-0.4, -0.2) is 33.9 Å². The van der Waals surface area contributed by atoms with Crippen molar-refractivity contribution in [2.75, 3.05) is 0 Å². The van der Waals surface area contributed by atoms with Crippen LogP contribution in [0.4, 0.5) is 0 Å². The number of hydrogen-bond donors (Lipinski definition) is 1. The predicted octanol–water partition coefficient (Wildman–Crippen LogP) is 2.78. The van der Waals surface area contributed by atoms with Gasteiger partial charge < -0.3 is 10.1 Å². The highest BCUT2D eigenvalue weighted by Gasteiger charge is 2.31. The Morgan fingerprint density at radius 3 is 2.78 bits per heavy atom. The predicted molar refractivity (Wildman–Crippen MR) is 88.9 cm³/mol. The molecule has 5 nitrogen and oxygen atoms in total. The van der Waals surface area contributed by atoms with Crippen LogP contribution < -0.4 is 5.32 Å². The lowest BCUT2D eigenvalue weighted by atomic mass is 10.1. The molecular weight excluding hydrogens is 290 g/mol. The smallest absolute Gasteiger partial charge is 0.255 e. The van der Waals surface area contributed by atoms with Crippen LogP contribution in [0.15, 0.2) is 30.5 Å². The van der Waals surface area contributed by atoms with Crippen molar-refractivity contribution in [2.45, 2.75) is 52.4 Å². The SMILES string of the molecule is Cc1cccc(-n2ncc(C(=O)NC3CC(C)OC3C)c2C)c1. The average Bonchev–Trinajstić information content (AvgIpc) is 3.01. The van der Waals surface area contributed by atoms with Crippen molar-refractivity contribution in [2.24, 2.45) is 0 Å². The summed E-state index contributed by atoms with van der Waals surface area (Å²) in [5, 5.41) is 7.46. The van der Waals surface area contributed by atoms with Crippen LogP contribution >= 0.6 is 0 Å². The van der Waals surface area contributed by atoms with E-state index in [2.05, 4.69) is 16.5 Å². The summed E-state index contributed by atoms with van der Waals surface area (Å²) in [6.45, 7) is 7.99. The monoisotopic (exact) mass is 313 g/mol. The summed E-state index contributed by atoms with van der Waals surface area (Å²) in [5.41, 5.74) is 3.58. The van der Waals surface area contributed by atoms with Gasteiger partial charge in [0.25, 0.3) is 5.91 Å². The molecule has 1 aromatic carbocycles. The molecule has 1 amide bonds. The molecule has 1 aromatic heterocycles. The van der Waals surface area contributed by atoms with Crippen molar-refractivity contribution in [3.05, 3.63) is 47.3 Å². The fraction of sp³-hybridized carbons (Fsp3) is 0.444. The van der Waals surface area contributed by atoms with Gasteiger partial charge in [0.05, 0.1) is 41.4 Å². The van der Waals surface area contributed by atoms with E-state index in [1.165, 1.54) is 0 Å². The molecule has 23 heavy (non-hydrogen) atoms. The number of rotatable bonds is 3. The molecule has 3 rings (SSSR count). The Hall–Kier alpha value is -2.14. The van der Waals surface area contributed by atoms with Gasteiger partial charge in [0.1, 0.15) is 0 Å². The van der Waals surface area contributed by atoms with Gasteiger partial charge in [-0.1, -0.05) is 12.1 Å². The van der Waals surface area contributed by atoms with Crippen LogP contribution in [0.1, 0.15) is 41.9 Å². The highest BCUT2D eigenvalue weighted by atomic mass is 16.5. The largest absolute Gasteiger partial charge is 0.373 e. The van der Waals surface area contributed by atoms with Gasteiger partial charge in [0, 0.05) is 0 Å². The van der Waals surface area contributed by atoms with E-state index in [1.807, 2.05) is 45.9 Å². The summed E-state index contributed by atoms with van der Waals surface area (Å²) in [6.07, 6.45) is 2.71. The van der Waals surface area contributed by atoms with Gasteiger partial charge in [-0.2, -0.15) is 5.10 Å². The van der Waals surface area contributed by atoms with Crippen molar-refractivity contribution >= 4 is 5.91 Å². The Bertz CT molecular complexity index is 723. The molecule has 122 valence electrons. The third-order valence-electron chi connectivity index (χ3n) is 4.42. The van der Waals surface area contributed by atoms with Crippen LogP contribution in [0, 0.1) is 13.8 Å². The molecule has 1 N–H and O–H groups in total. The van der Waals surface area contributed by atoms with Gasteiger partial charge in [-0.15, -0.1) is 0 Å². The molecule has 0 spiro atoms. The second kappa shape index (κ2) is 6.16. The van der Waals surface area contributed by atoms with Crippen LogP contribution in [-0.2, 0) is 4.74 Å². The Kier molecular flexibility index (Phi) is 4.22. The fourth-order valence-corrected chi connectivity index (χ4v) is 3.14. The van der Waals surface area contributed by atoms with Gasteiger partial charge in [0.2, 0.25) is 0 Å². The number of carbonyl (C=O) groups excluding carboxylic acids is 1. The zero-order valence-electron chi connectivity index (χ0n) is 14.0. The van der Waals surface area contributed by atoms with E-state index in [1.54, 1.807) is 10.9 Å². The third-order valence-corrected chi connectivity index (χ3v) is 4.42. The normalized spacial score (nSPS) is 23.9. The second-order valence-electron chi connectivity index (χ2n) is 6.36. The lowest BCUT2D eigenvalue weighted by Gasteiger charge is -2.15. The van der Waals surface area contributed by atoms with E-state index in [-0.39, 0.29) is 24.2 Å². The Labute approximate surface area is 136 Å². The highest BCUT2D eigenvalue weighted by molar-refractivity contribution is 5.95. The number of aromatic nitrogens is 2. The molecule has 5 heteroatoms. The third kappa shape index (κ3) is 3.15. The topological polar surface area (TPSA) is 56.2 Å². The number of benzene rings is 1. The van der Waals surface area contributed by atoms with E-state index >= 15 is 0 Å². The van der Waals surface area contributed by atoms with E-state index in [9.17, 15) is 4.79 Å². The van der Waals surface area contributed by atoms with Crippen LogP contribution in [0.5, 0.6) is 0 Å². The molecule has 2 heterocycles. The summed E-state index contributed by atoms with van der Waals surface area (Å²) >= 11 is 0. The lowest BCUT2D eigenvalue weighted by molar-refractivity contribution is 0.0585. The van der Waals surface area contributed by atoms with E-state index < -0.39 is 0 Å². The minimum absolute atomic E-state index is 0.0427. The number of ether oxygens (including phenoxy) is 1. The van der Waals surface area contributed by atoms with E-state index in [0.29, 0.717) is 5.56 Å². The minimum Gasteiger partial charge on any atom is -0.373 e. The molecule has 1 aliphatic rings. The zero-order valence-corrected chi connectivity index (χ0v) is 14.0. The standard InChI is InChI=1S/C18H23N3O2/c1-11-6-5-7-15(8-11)21-13(3)16(10-19-21)18(22)20-17-9-12(2)23-14(17)4/h5-8,10,12,14,17H,9H2,1-4H3,(H,20,22). The molecule has 0 aliphatic carbocycles. The molecule has 1 saturated heterocycles. The summed E-state index contributed by atoms with van der Waals surface area (Å²) in [7, 11) is 0. The summed E-state index contributed by atoms with van der Waals surface area (Å²) in [4.78, 5) is 12.6. The van der Waals surface area contributed by atoms with Gasteiger partial charge in [0.15, 0.2) is 0 Å². The Balaban J connectivity index is 1.80. The summed E-state index contributed by atoms with van der Waals surface area (Å²) in [5.74, 6) is -0.0871. The first-order valence-electron chi connectivity index (χ1n) is 8.03. The van der Waals surface area contributed by atoms with Gasteiger partial charge in [-0.3, -0.25) is 4.79 Å². The Morgan fingerprint density at radius 2 is 2.13 bits per heavy atom. The number of nitrogens with one attached hydrogen (secondary N) is 1. The molecule has 1 aliphatic heterocycles. The van der Waals surface area contributed by atoms with Gasteiger partial charge in [-0.25, -0.2) is 4.68 Å². The molecule has 2 aromatic rings.